The molecule has 0 aliphatic carbocycles. The second kappa shape index (κ2) is 8.26. The van der Waals surface area contributed by atoms with Gasteiger partial charge in [0.1, 0.15) is 18.5 Å². The number of fused-ring (bicyclic) bond motifs is 2. The van der Waals surface area contributed by atoms with Gasteiger partial charge in [0.15, 0.2) is 0 Å². The van der Waals surface area contributed by atoms with E-state index in [2.05, 4.69) is 10.0 Å². The number of pyridine rings is 1. The van der Waals surface area contributed by atoms with Gasteiger partial charge in [0, 0.05) is 49.9 Å². The normalized spacial score (nSPS) is 13.8. The molecule has 2 aromatic carbocycles. The van der Waals surface area contributed by atoms with Gasteiger partial charge in [-0.15, -0.1) is 0 Å². The Hall–Kier alpha value is -3.61. The standard InChI is InChI=1S/C24H26N4O3/c1-26-13-7-9-17-14-21(22(29)15-20(17)26)28(3)25-23(24(30)31-4)19-12-11-16-8-5-6-10-18(16)27(19)2/h5-6,8,10-12,14-15H,7,9,13H2,1-4H3/p+1. The van der Waals surface area contributed by atoms with E-state index < -0.39 is 5.97 Å². The summed E-state index contributed by atoms with van der Waals surface area (Å²) < 4.78 is 6.94. The summed E-state index contributed by atoms with van der Waals surface area (Å²) in [5, 5.41) is 17.8. The van der Waals surface area contributed by atoms with Gasteiger partial charge in [0.2, 0.25) is 16.9 Å². The lowest BCUT2D eigenvalue weighted by Crippen LogP contribution is -2.40. The van der Waals surface area contributed by atoms with Crippen LogP contribution in [0.25, 0.3) is 10.9 Å². The van der Waals surface area contributed by atoms with Gasteiger partial charge in [-0.3, -0.25) is 5.01 Å². The molecule has 0 saturated carbocycles. The van der Waals surface area contributed by atoms with Gasteiger partial charge in [0.05, 0.1) is 7.11 Å². The first-order valence-corrected chi connectivity index (χ1v) is 10.3. The summed E-state index contributed by atoms with van der Waals surface area (Å²) in [6.45, 7) is 0.963. The number of rotatable bonds is 4. The Morgan fingerprint density at radius 3 is 2.77 bits per heavy atom. The highest BCUT2D eigenvalue weighted by Gasteiger charge is 2.27. The lowest BCUT2D eigenvalue weighted by atomic mass is 10.0. The number of hydrazone groups is 1. The number of carbonyl (C=O) groups is 1. The number of nitrogens with zero attached hydrogens (tertiary/aromatic N) is 4. The van der Waals surface area contributed by atoms with E-state index in [-0.39, 0.29) is 11.5 Å². The predicted octanol–water partition coefficient (Wildman–Crippen LogP) is 2.77. The molecule has 0 amide bonds. The lowest BCUT2D eigenvalue weighted by Gasteiger charge is -2.29. The van der Waals surface area contributed by atoms with Crippen LogP contribution in [0.3, 0.4) is 0 Å². The Morgan fingerprint density at radius 2 is 2.00 bits per heavy atom. The molecule has 31 heavy (non-hydrogen) atoms. The van der Waals surface area contributed by atoms with Gasteiger partial charge >= 0.3 is 5.97 Å². The molecule has 1 N–H and O–H groups in total. The van der Waals surface area contributed by atoms with Gasteiger partial charge < -0.3 is 14.7 Å². The largest absolute Gasteiger partial charge is 0.506 e. The van der Waals surface area contributed by atoms with Crippen LogP contribution in [0, 0.1) is 0 Å². The molecule has 0 radical (unpaired) electrons. The van der Waals surface area contributed by atoms with E-state index in [1.165, 1.54) is 12.1 Å². The summed E-state index contributed by atoms with van der Waals surface area (Å²) >= 11 is 0. The second-order valence-electron chi connectivity index (χ2n) is 7.79. The van der Waals surface area contributed by atoms with Gasteiger partial charge in [-0.25, -0.2) is 4.79 Å². The van der Waals surface area contributed by atoms with Crippen molar-refractivity contribution in [1.82, 2.24) is 0 Å². The molecule has 2 heterocycles. The van der Waals surface area contributed by atoms with Crippen LogP contribution < -0.4 is 14.5 Å². The minimum absolute atomic E-state index is 0.117. The molecule has 0 saturated heterocycles. The zero-order chi connectivity index (χ0) is 22.1. The van der Waals surface area contributed by atoms with Crippen LogP contribution in [0.5, 0.6) is 5.75 Å². The fourth-order valence-corrected chi connectivity index (χ4v) is 4.13. The van der Waals surface area contributed by atoms with Crippen LogP contribution in [0.4, 0.5) is 11.4 Å². The van der Waals surface area contributed by atoms with Crippen molar-refractivity contribution in [2.45, 2.75) is 12.8 Å². The number of carbonyl (C=O) groups excluding carboxylic acids is 1. The molecule has 0 unspecified atom stereocenters. The number of hydrogen-bond acceptors (Lipinski definition) is 6. The van der Waals surface area contributed by atoms with Crippen molar-refractivity contribution in [3.63, 3.8) is 0 Å². The molecular weight excluding hydrogens is 392 g/mol. The third-order valence-corrected chi connectivity index (χ3v) is 5.83. The third kappa shape index (κ3) is 3.79. The number of benzene rings is 2. The van der Waals surface area contributed by atoms with E-state index in [1.54, 1.807) is 13.1 Å². The number of phenols is 1. The Bertz CT molecular complexity index is 1190. The molecule has 1 aromatic heterocycles. The van der Waals surface area contributed by atoms with Gasteiger partial charge in [0.25, 0.3) is 0 Å². The van der Waals surface area contributed by atoms with Crippen molar-refractivity contribution in [2.75, 3.05) is 37.7 Å². The van der Waals surface area contributed by atoms with Crippen LogP contribution in [0.15, 0.2) is 53.6 Å². The first-order chi connectivity index (χ1) is 14.9. The molecule has 4 rings (SSSR count). The molecule has 0 atom stereocenters. The van der Waals surface area contributed by atoms with Crippen molar-refractivity contribution < 1.29 is 19.2 Å². The number of para-hydroxylation sites is 1. The monoisotopic (exact) mass is 419 g/mol. The quantitative estimate of drug-likeness (QED) is 0.305. The van der Waals surface area contributed by atoms with Crippen molar-refractivity contribution in [3.8, 4) is 5.75 Å². The minimum atomic E-state index is -0.546. The van der Waals surface area contributed by atoms with Crippen molar-refractivity contribution in [3.05, 3.63) is 59.8 Å². The number of phenolic OH excluding ortho intramolecular Hbond substituents is 1. The number of aromatic hydroxyl groups is 1. The van der Waals surface area contributed by atoms with E-state index in [9.17, 15) is 9.90 Å². The Balaban J connectivity index is 1.80. The zero-order valence-electron chi connectivity index (χ0n) is 18.3. The summed E-state index contributed by atoms with van der Waals surface area (Å²) in [6, 6.07) is 15.5. The van der Waals surface area contributed by atoms with Crippen molar-refractivity contribution in [1.29, 1.82) is 0 Å². The topological polar surface area (TPSA) is 69.2 Å². The van der Waals surface area contributed by atoms with Crippen LogP contribution in [0.1, 0.15) is 17.7 Å². The number of ether oxygens (including phenoxy) is 1. The summed E-state index contributed by atoms with van der Waals surface area (Å²) in [6.07, 6.45) is 2.00. The van der Waals surface area contributed by atoms with Crippen molar-refractivity contribution in [2.24, 2.45) is 12.1 Å². The first-order valence-electron chi connectivity index (χ1n) is 10.3. The van der Waals surface area contributed by atoms with Crippen LogP contribution in [-0.4, -0.2) is 44.5 Å². The molecule has 0 spiro atoms. The van der Waals surface area contributed by atoms with Crippen LogP contribution >= 0.6 is 0 Å². The number of aromatic nitrogens is 1. The average Bonchev–Trinajstić information content (AvgIpc) is 2.78. The molecule has 1 aliphatic heterocycles. The van der Waals surface area contributed by atoms with Gasteiger partial charge in [-0.2, -0.15) is 9.67 Å². The highest BCUT2D eigenvalue weighted by Crippen LogP contribution is 2.37. The number of aryl methyl sites for hydroxylation is 2. The predicted molar refractivity (Wildman–Crippen MR) is 122 cm³/mol. The average molecular weight is 420 g/mol. The summed E-state index contributed by atoms with van der Waals surface area (Å²) in [5.41, 5.74) is 4.47. The molecule has 160 valence electrons. The van der Waals surface area contributed by atoms with Gasteiger partial charge in [-0.05, 0) is 36.6 Å². The molecule has 7 heteroatoms. The number of esters is 1. The number of methoxy groups -OCH3 is 1. The summed E-state index contributed by atoms with van der Waals surface area (Å²) in [4.78, 5) is 14.8. The lowest BCUT2D eigenvalue weighted by molar-refractivity contribution is -0.646. The maximum absolute atomic E-state index is 12.7. The fraction of sp³-hybridized carbons (Fsp3) is 0.292. The van der Waals surface area contributed by atoms with E-state index >= 15 is 0 Å². The molecular formula is C24H27N4O3+. The third-order valence-electron chi connectivity index (χ3n) is 5.83. The molecule has 0 fully saturated rings. The first kappa shape index (κ1) is 20.7. The Labute approximate surface area is 181 Å². The smallest absolute Gasteiger partial charge is 0.365 e. The van der Waals surface area contributed by atoms with E-state index in [1.807, 2.05) is 61.1 Å². The maximum Gasteiger partial charge on any atom is 0.365 e. The zero-order valence-corrected chi connectivity index (χ0v) is 18.3. The van der Waals surface area contributed by atoms with Gasteiger partial charge in [-0.1, -0.05) is 12.1 Å². The fourth-order valence-electron chi connectivity index (χ4n) is 4.13. The Morgan fingerprint density at radius 1 is 1.23 bits per heavy atom. The van der Waals surface area contributed by atoms with E-state index in [0.717, 1.165) is 41.5 Å². The number of anilines is 2. The van der Waals surface area contributed by atoms with Crippen LogP contribution in [0.2, 0.25) is 0 Å². The maximum atomic E-state index is 12.7. The molecule has 1 aliphatic rings. The van der Waals surface area contributed by atoms with E-state index in [4.69, 9.17) is 4.74 Å². The SMILES string of the molecule is COC(=O)C(=NN(C)c1cc2c(cc1O)N(C)CCC2)c1ccc2ccccc2[n+]1C. The highest BCUT2D eigenvalue weighted by atomic mass is 16.5. The van der Waals surface area contributed by atoms with Crippen molar-refractivity contribution >= 4 is 34.0 Å². The van der Waals surface area contributed by atoms with Crippen LogP contribution in [-0.2, 0) is 23.0 Å². The summed E-state index contributed by atoms with van der Waals surface area (Å²) in [7, 11) is 6.97. The molecule has 7 nitrogen and oxygen atoms in total. The highest BCUT2D eigenvalue weighted by molar-refractivity contribution is 6.42. The molecule has 3 aromatic rings. The second-order valence-corrected chi connectivity index (χ2v) is 7.79. The number of hydrogen-bond donors (Lipinski definition) is 1. The minimum Gasteiger partial charge on any atom is -0.506 e. The van der Waals surface area contributed by atoms with E-state index in [0.29, 0.717) is 11.4 Å². The summed E-state index contributed by atoms with van der Waals surface area (Å²) in [5.74, 6) is -0.430. The molecule has 0 bridgehead atoms. The Kier molecular flexibility index (Phi) is 5.50.